The van der Waals surface area contributed by atoms with Gasteiger partial charge in [-0.15, -0.1) is 0 Å². The van der Waals surface area contributed by atoms with Crippen LogP contribution in [0.3, 0.4) is 0 Å². The Balaban J connectivity index is 2.12. The Hall–Kier alpha value is -1.62. The van der Waals surface area contributed by atoms with Crippen molar-refractivity contribution in [2.75, 3.05) is 11.9 Å². The molecular formula is C15H20FNO3. The van der Waals surface area contributed by atoms with Crippen molar-refractivity contribution in [3.8, 4) is 0 Å². The van der Waals surface area contributed by atoms with Gasteiger partial charge in [-0.05, 0) is 31.5 Å². The number of rotatable bonds is 5. The number of halogens is 1. The smallest absolute Gasteiger partial charge is 0.335 e. The molecule has 1 aliphatic rings. The Morgan fingerprint density at radius 3 is 2.80 bits per heavy atom. The number of carbonyl (C=O) groups is 1. The molecule has 5 heteroatoms. The second-order valence-electron chi connectivity index (χ2n) is 5.70. The van der Waals surface area contributed by atoms with Crippen LogP contribution in [0.15, 0.2) is 18.2 Å². The quantitative estimate of drug-likeness (QED) is 0.870. The molecule has 1 aromatic carbocycles. The van der Waals surface area contributed by atoms with Crippen molar-refractivity contribution in [3.05, 3.63) is 29.6 Å². The number of benzene rings is 1. The summed E-state index contributed by atoms with van der Waals surface area (Å²) in [6, 6.07) is 3.84. The van der Waals surface area contributed by atoms with Crippen LogP contribution < -0.4 is 5.32 Å². The molecule has 20 heavy (non-hydrogen) atoms. The highest BCUT2D eigenvalue weighted by Gasteiger charge is 2.49. The van der Waals surface area contributed by atoms with Crippen LogP contribution in [0.2, 0.25) is 0 Å². The molecule has 2 atom stereocenters. The van der Waals surface area contributed by atoms with Gasteiger partial charge in [-0.1, -0.05) is 13.8 Å². The molecule has 0 aromatic heterocycles. The van der Waals surface area contributed by atoms with Gasteiger partial charge in [0.1, 0.15) is 5.82 Å². The van der Waals surface area contributed by atoms with Crippen LogP contribution in [0.5, 0.6) is 0 Å². The summed E-state index contributed by atoms with van der Waals surface area (Å²) in [5.41, 5.74) is 0.201. The average Bonchev–Trinajstić information content (AvgIpc) is 2.39. The minimum Gasteiger partial charge on any atom is -0.478 e. The topological polar surface area (TPSA) is 58.6 Å². The van der Waals surface area contributed by atoms with E-state index >= 15 is 0 Å². The van der Waals surface area contributed by atoms with Gasteiger partial charge in [0.15, 0.2) is 0 Å². The third kappa shape index (κ3) is 2.63. The molecule has 110 valence electrons. The van der Waals surface area contributed by atoms with E-state index in [2.05, 4.69) is 19.2 Å². The molecule has 0 spiro atoms. The standard InChI is InChI=1S/C15H20FNO3/c1-4-20-13-8-12(15(13,2)3)17-11-7-9(14(18)19)5-6-10(11)16/h5-7,12-13,17H,4,8H2,1-3H3,(H,18,19). The molecule has 4 nitrogen and oxygen atoms in total. The maximum Gasteiger partial charge on any atom is 0.335 e. The van der Waals surface area contributed by atoms with E-state index in [1.807, 2.05) is 6.92 Å². The van der Waals surface area contributed by atoms with E-state index in [4.69, 9.17) is 9.84 Å². The van der Waals surface area contributed by atoms with Gasteiger partial charge in [0, 0.05) is 18.1 Å². The van der Waals surface area contributed by atoms with E-state index in [1.165, 1.54) is 18.2 Å². The van der Waals surface area contributed by atoms with E-state index in [0.29, 0.717) is 6.61 Å². The monoisotopic (exact) mass is 281 g/mol. The Bertz CT molecular complexity index is 516. The molecule has 0 bridgehead atoms. The summed E-state index contributed by atoms with van der Waals surface area (Å²) in [4.78, 5) is 10.9. The Morgan fingerprint density at radius 1 is 1.55 bits per heavy atom. The van der Waals surface area contributed by atoms with Crippen LogP contribution in [0.4, 0.5) is 10.1 Å². The van der Waals surface area contributed by atoms with Crippen molar-refractivity contribution in [3.63, 3.8) is 0 Å². The van der Waals surface area contributed by atoms with Crippen LogP contribution in [0.25, 0.3) is 0 Å². The fraction of sp³-hybridized carbons (Fsp3) is 0.533. The lowest BCUT2D eigenvalue weighted by atomic mass is 9.64. The predicted octanol–water partition coefficient (Wildman–Crippen LogP) is 3.14. The molecule has 1 fully saturated rings. The summed E-state index contributed by atoms with van der Waals surface area (Å²) in [6.45, 7) is 6.73. The summed E-state index contributed by atoms with van der Waals surface area (Å²) < 4.78 is 19.4. The zero-order valence-electron chi connectivity index (χ0n) is 11.9. The Kier molecular flexibility index (Phi) is 3.99. The highest BCUT2D eigenvalue weighted by atomic mass is 19.1. The summed E-state index contributed by atoms with van der Waals surface area (Å²) in [5.74, 6) is -1.50. The molecule has 0 heterocycles. The van der Waals surface area contributed by atoms with Gasteiger partial charge in [0.05, 0.1) is 17.4 Å². The Morgan fingerprint density at radius 2 is 2.25 bits per heavy atom. The predicted molar refractivity (Wildman–Crippen MR) is 74.6 cm³/mol. The zero-order chi connectivity index (χ0) is 14.9. The maximum atomic E-state index is 13.8. The van der Waals surface area contributed by atoms with Crippen LogP contribution in [-0.2, 0) is 4.74 Å². The molecule has 2 rings (SSSR count). The van der Waals surface area contributed by atoms with E-state index < -0.39 is 11.8 Å². The fourth-order valence-corrected chi connectivity index (χ4v) is 2.57. The van der Waals surface area contributed by atoms with Crippen molar-refractivity contribution >= 4 is 11.7 Å². The number of hydrogen-bond donors (Lipinski definition) is 2. The number of carboxylic acid groups (broad SMARTS) is 1. The van der Waals surface area contributed by atoms with Gasteiger partial charge in [-0.25, -0.2) is 9.18 Å². The van der Waals surface area contributed by atoms with E-state index in [1.54, 1.807) is 0 Å². The zero-order valence-corrected chi connectivity index (χ0v) is 11.9. The molecule has 1 aromatic rings. The summed E-state index contributed by atoms with van der Waals surface area (Å²) in [7, 11) is 0. The first-order valence-electron chi connectivity index (χ1n) is 6.77. The molecule has 0 aliphatic heterocycles. The Labute approximate surface area is 117 Å². The number of nitrogens with one attached hydrogen (secondary N) is 1. The largest absolute Gasteiger partial charge is 0.478 e. The van der Waals surface area contributed by atoms with Crippen molar-refractivity contribution in [2.45, 2.75) is 39.3 Å². The molecular weight excluding hydrogens is 261 g/mol. The van der Waals surface area contributed by atoms with Crippen molar-refractivity contribution in [1.82, 2.24) is 0 Å². The van der Waals surface area contributed by atoms with Gasteiger partial charge < -0.3 is 15.2 Å². The van der Waals surface area contributed by atoms with Gasteiger partial charge in [-0.3, -0.25) is 0 Å². The van der Waals surface area contributed by atoms with Crippen molar-refractivity contribution in [2.24, 2.45) is 5.41 Å². The second kappa shape index (κ2) is 5.40. The molecule has 0 radical (unpaired) electrons. The molecule has 2 N–H and O–H groups in total. The van der Waals surface area contributed by atoms with Gasteiger partial charge in [0.25, 0.3) is 0 Å². The van der Waals surface area contributed by atoms with Gasteiger partial charge in [-0.2, -0.15) is 0 Å². The van der Waals surface area contributed by atoms with Gasteiger partial charge in [0.2, 0.25) is 0 Å². The summed E-state index contributed by atoms with van der Waals surface area (Å²) >= 11 is 0. The highest BCUT2D eigenvalue weighted by molar-refractivity contribution is 5.88. The number of carboxylic acids is 1. The summed E-state index contributed by atoms with van der Waals surface area (Å²) in [6.07, 6.45) is 0.938. The van der Waals surface area contributed by atoms with Crippen molar-refractivity contribution in [1.29, 1.82) is 0 Å². The molecule has 0 amide bonds. The van der Waals surface area contributed by atoms with E-state index in [-0.39, 0.29) is 28.8 Å². The molecule has 1 aliphatic carbocycles. The van der Waals surface area contributed by atoms with E-state index in [0.717, 1.165) is 6.42 Å². The second-order valence-corrected chi connectivity index (χ2v) is 5.70. The molecule has 1 saturated carbocycles. The first-order chi connectivity index (χ1) is 9.36. The normalized spacial score (nSPS) is 24.0. The first-order valence-corrected chi connectivity index (χ1v) is 6.77. The molecule has 2 unspecified atom stereocenters. The highest BCUT2D eigenvalue weighted by Crippen LogP contribution is 2.44. The van der Waals surface area contributed by atoms with Gasteiger partial charge >= 0.3 is 5.97 Å². The van der Waals surface area contributed by atoms with E-state index in [9.17, 15) is 9.18 Å². The number of anilines is 1. The lowest BCUT2D eigenvalue weighted by molar-refractivity contribution is -0.0976. The van der Waals surface area contributed by atoms with Crippen molar-refractivity contribution < 1.29 is 19.0 Å². The number of hydrogen-bond acceptors (Lipinski definition) is 3. The minimum atomic E-state index is -1.06. The average molecular weight is 281 g/mol. The maximum absolute atomic E-state index is 13.8. The minimum absolute atomic E-state index is 0.0672. The number of ether oxygens (including phenoxy) is 1. The van der Waals surface area contributed by atoms with Crippen LogP contribution in [0.1, 0.15) is 37.6 Å². The lowest BCUT2D eigenvalue weighted by Crippen LogP contribution is -2.58. The van der Waals surface area contributed by atoms with Crippen LogP contribution >= 0.6 is 0 Å². The first kappa shape index (κ1) is 14.8. The van der Waals surface area contributed by atoms with Crippen LogP contribution in [0, 0.1) is 11.2 Å². The summed E-state index contributed by atoms with van der Waals surface area (Å²) in [5, 5.41) is 12.1. The lowest BCUT2D eigenvalue weighted by Gasteiger charge is -2.52. The van der Waals surface area contributed by atoms with Crippen LogP contribution in [-0.4, -0.2) is 29.8 Å². The fourth-order valence-electron chi connectivity index (χ4n) is 2.57. The third-order valence-electron chi connectivity index (χ3n) is 4.09. The molecule has 0 saturated heterocycles. The SMILES string of the molecule is CCOC1CC(Nc2cc(C(=O)O)ccc2F)C1(C)C. The third-order valence-corrected chi connectivity index (χ3v) is 4.09. The number of aromatic carboxylic acids is 1.